The van der Waals surface area contributed by atoms with Crippen LogP contribution in [0, 0.1) is 0 Å². The van der Waals surface area contributed by atoms with E-state index in [9.17, 15) is 4.79 Å². The van der Waals surface area contributed by atoms with Crippen molar-refractivity contribution in [2.24, 2.45) is 0 Å². The molecule has 132 valence electrons. The Morgan fingerprint density at radius 1 is 1.12 bits per heavy atom. The zero-order valence-corrected chi connectivity index (χ0v) is 14.6. The van der Waals surface area contributed by atoms with Gasteiger partial charge in [-0.3, -0.25) is 4.98 Å². The predicted molar refractivity (Wildman–Crippen MR) is 98.8 cm³/mol. The van der Waals surface area contributed by atoms with Gasteiger partial charge in [-0.05, 0) is 55.8 Å². The summed E-state index contributed by atoms with van der Waals surface area (Å²) in [6, 6.07) is 11.4. The highest BCUT2D eigenvalue weighted by Gasteiger charge is 2.22. The zero-order chi connectivity index (χ0) is 17.6. The molecule has 0 radical (unpaired) electrons. The fourth-order valence-electron chi connectivity index (χ4n) is 3.00. The lowest BCUT2D eigenvalue weighted by Crippen LogP contribution is -2.45. The highest BCUT2D eigenvalue weighted by Crippen LogP contribution is 2.22. The van der Waals surface area contributed by atoms with E-state index in [2.05, 4.69) is 34.4 Å². The van der Waals surface area contributed by atoms with Crippen LogP contribution in [0.5, 0.6) is 0 Å². The first kappa shape index (κ1) is 17.2. The molecule has 1 fully saturated rings. The third-order valence-corrected chi connectivity index (χ3v) is 4.11. The molecule has 1 aliphatic heterocycles. The molecule has 1 aliphatic rings. The summed E-state index contributed by atoms with van der Waals surface area (Å²) in [5, 5.41) is 5.68. The summed E-state index contributed by atoms with van der Waals surface area (Å²) in [5.41, 5.74) is 2.92. The van der Waals surface area contributed by atoms with Crippen LogP contribution < -0.4 is 15.5 Å². The van der Waals surface area contributed by atoms with Gasteiger partial charge in [-0.1, -0.05) is 0 Å². The quantitative estimate of drug-likeness (QED) is 0.898. The van der Waals surface area contributed by atoms with E-state index in [1.807, 2.05) is 36.4 Å². The third kappa shape index (κ3) is 4.93. The molecule has 1 saturated heterocycles. The van der Waals surface area contributed by atoms with E-state index in [-0.39, 0.29) is 18.2 Å². The smallest absolute Gasteiger partial charge is 0.319 e. The minimum Gasteiger partial charge on any atom is -0.372 e. The Labute approximate surface area is 148 Å². The molecular formula is C19H24N4O2. The van der Waals surface area contributed by atoms with Gasteiger partial charge in [0.15, 0.2) is 0 Å². The molecule has 0 spiro atoms. The lowest BCUT2D eigenvalue weighted by Gasteiger charge is -2.36. The van der Waals surface area contributed by atoms with Crippen LogP contribution in [0.2, 0.25) is 0 Å². The van der Waals surface area contributed by atoms with E-state index in [0.717, 1.165) is 30.0 Å². The standard InChI is InChI=1S/C19H24N4O2/c1-14-12-23(13-15(2)25-14)18-5-3-17(4-6-18)22-19(24)21-11-16-7-9-20-10-8-16/h3-10,14-15H,11-13H2,1-2H3,(H2,21,22,24)/t14-,15+. The number of nitrogens with one attached hydrogen (secondary N) is 2. The first-order valence-electron chi connectivity index (χ1n) is 8.54. The first-order chi connectivity index (χ1) is 12.1. The van der Waals surface area contributed by atoms with Gasteiger partial charge in [-0.2, -0.15) is 0 Å². The van der Waals surface area contributed by atoms with E-state index in [1.54, 1.807) is 12.4 Å². The zero-order valence-electron chi connectivity index (χ0n) is 14.6. The monoisotopic (exact) mass is 340 g/mol. The molecular weight excluding hydrogens is 316 g/mol. The molecule has 2 amide bonds. The van der Waals surface area contributed by atoms with Gasteiger partial charge in [0.1, 0.15) is 0 Å². The second kappa shape index (κ2) is 7.98. The molecule has 6 heteroatoms. The van der Waals surface area contributed by atoms with Gasteiger partial charge in [-0.25, -0.2) is 4.79 Å². The number of pyridine rings is 1. The fourth-order valence-corrected chi connectivity index (χ4v) is 3.00. The van der Waals surface area contributed by atoms with Gasteiger partial charge >= 0.3 is 6.03 Å². The summed E-state index contributed by atoms with van der Waals surface area (Å²) in [5.74, 6) is 0. The van der Waals surface area contributed by atoms with Crippen LogP contribution in [-0.4, -0.2) is 36.3 Å². The van der Waals surface area contributed by atoms with Gasteiger partial charge < -0.3 is 20.3 Å². The van der Waals surface area contributed by atoms with Crippen molar-refractivity contribution < 1.29 is 9.53 Å². The van der Waals surface area contributed by atoms with E-state index < -0.39 is 0 Å². The van der Waals surface area contributed by atoms with Crippen LogP contribution in [-0.2, 0) is 11.3 Å². The van der Waals surface area contributed by atoms with Gasteiger partial charge in [0.2, 0.25) is 0 Å². The molecule has 0 aliphatic carbocycles. The lowest BCUT2D eigenvalue weighted by atomic mass is 10.2. The van der Waals surface area contributed by atoms with Crippen molar-refractivity contribution in [3.63, 3.8) is 0 Å². The van der Waals surface area contributed by atoms with Gasteiger partial charge in [0.05, 0.1) is 12.2 Å². The summed E-state index contributed by atoms with van der Waals surface area (Å²) in [6.07, 6.45) is 3.86. The number of hydrogen-bond acceptors (Lipinski definition) is 4. The number of urea groups is 1. The molecule has 6 nitrogen and oxygen atoms in total. The van der Waals surface area contributed by atoms with E-state index in [0.29, 0.717) is 6.54 Å². The Hall–Kier alpha value is -2.60. The van der Waals surface area contributed by atoms with Crippen LogP contribution in [0.3, 0.4) is 0 Å². The lowest BCUT2D eigenvalue weighted by molar-refractivity contribution is -0.00521. The first-order valence-corrected chi connectivity index (χ1v) is 8.54. The number of hydrogen-bond donors (Lipinski definition) is 2. The number of anilines is 2. The largest absolute Gasteiger partial charge is 0.372 e. The summed E-state index contributed by atoms with van der Waals surface area (Å²) in [6.45, 7) is 6.40. The van der Waals surface area contributed by atoms with Crippen LogP contribution in [0.4, 0.5) is 16.2 Å². The number of benzene rings is 1. The Bertz CT molecular complexity index is 680. The van der Waals surface area contributed by atoms with E-state index in [1.165, 1.54) is 0 Å². The minimum atomic E-state index is -0.224. The molecule has 2 aromatic rings. The number of rotatable bonds is 4. The van der Waals surface area contributed by atoms with Gasteiger partial charge in [0.25, 0.3) is 0 Å². The SMILES string of the molecule is C[C@@H]1CN(c2ccc(NC(=O)NCc3ccncc3)cc2)C[C@H](C)O1. The van der Waals surface area contributed by atoms with Crippen molar-refractivity contribution in [2.45, 2.75) is 32.6 Å². The van der Waals surface area contributed by atoms with Crippen LogP contribution in [0.25, 0.3) is 0 Å². The number of aromatic nitrogens is 1. The second-order valence-corrected chi connectivity index (χ2v) is 6.37. The number of carbonyl (C=O) groups is 1. The van der Waals surface area contributed by atoms with Crippen LogP contribution in [0.15, 0.2) is 48.8 Å². The van der Waals surface area contributed by atoms with E-state index >= 15 is 0 Å². The average Bonchev–Trinajstić information content (AvgIpc) is 2.61. The number of nitrogens with zero attached hydrogens (tertiary/aromatic N) is 2. The average molecular weight is 340 g/mol. The highest BCUT2D eigenvalue weighted by molar-refractivity contribution is 5.89. The van der Waals surface area contributed by atoms with Crippen molar-refractivity contribution in [1.29, 1.82) is 0 Å². The molecule has 0 bridgehead atoms. The van der Waals surface area contributed by atoms with Crippen molar-refractivity contribution in [3.8, 4) is 0 Å². The Morgan fingerprint density at radius 3 is 2.40 bits per heavy atom. The molecule has 1 aromatic carbocycles. The summed E-state index contributed by atoms with van der Waals surface area (Å²) in [4.78, 5) is 18.3. The molecule has 2 N–H and O–H groups in total. The maximum absolute atomic E-state index is 12.0. The maximum atomic E-state index is 12.0. The van der Waals surface area contributed by atoms with Crippen LogP contribution in [0.1, 0.15) is 19.4 Å². The minimum absolute atomic E-state index is 0.223. The predicted octanol–water partition coefficient (Wildman–Crippen LogP) is 3.02. The van der Waals surface area contributed by atoms with Gasteiger partial charge in [0, 0.05) is 43.4 Å². The molecule has 2 atom stereocenters. The van der Waals surface area contributed by atoms with Crippen LogP contribution >= 0.6 is 0 Å². The fraction of sp³-hybridized carbons (Fsp3) is 0.368. The maximum Gasteiger partial charge on any atom is 0.319 e. The van der Waals surface area contributed by atoms with Crippen molar-refractivity contribution >= 4 is 17.4 Å². The van der Waals surface area contributed by atoms with Crippen molar-refractivity contribution in [3.05, 3.63) is 54.4 Å². The molecule has 1 aromatic heterocycles. The topological polar surface area (TPSA) is 66.5 Å². The number of morpholine rings is 1. The Balaban J connectivity index is 1.52. The molecule has 0 unspecified atom stereocenters. The van der Waals surface area contributed by atoms with E-state index in [4.69, 9.17) is 4.74 Å². The summed E-state index contributed by atoms with van der Waals surface area (Å²) < 4.78 is 5.77. The van der Waals surface area contributed by atoms with Gasteiger partial charge in [-0.15, -0.1) is 0 Å². The Kier molecular flexibility index (Phi) is 5.50. The Morgan fingerprint density at radius 2 is 1.76 bits per heavy atom. The molecule has 0 saturated carbocycles. The second-order valence-electron chi connectivity index (χ2n) is 6.37. The summed E-state index contributed by atoms with van der Waals surface area (Å²) in [7, 11) is 0. The third-order valence-electron chi connectivity index (χ3n) is 4.11. The molecule has 2 heterocycles. The van der Waals surface area contributed by atoms with Crippen molar-refractivity contribution in [1.82, 2.24) is 10.3 Å². The highest BCUT2D eigenvalue weighted by atomic mass is 16.5. The number of ether oxygens (including phenoxy) is 1. The number of carbonyl (C=O) groups excluding carboxylic acids is 1. The van der Waals surface area contributed by atoms with Crippen molar-refractivity contribution in [2.75, 3.05) is 23.3 Å². The summed E-state index contributed by atoms with van der Waals surface area (Å²) >= 11 is 0. The molecule has 3 rings (SSSR count). The molecule has 25 heavy (non-hydrogen) atoms. The normalized spacial score (nSPS) is 20.2. The number of amides is 2.